The summed E-state index contributed by atoms with van der Waals surface area (Å²) in [5.74, 6) is 0.316. The Morgan fingerprint density at radius 2 is 1.87 bits per heavy atom. The van der Waals surface area contributed by atoms with Crippen molar-refractivity contribution in [1.29, 1.82) is 0 Å². The van der Waals surface area contributed by atoms with E-state index in [0.29, 0.717) is 15.7 Å². The number of rotatable bonds is 6. The van der Waals surface area contributed by atoms with E-state index in [0.717, 1.165) is 40.1 Å². The summed E-state index contributed by atoms with van der Waals surface area (Å²) in [6.07, 6.45) is 2.64. The second-order valence-electron chi connectivity index (χ2n) is 7.43. The highest BCUT2D eigenvalue weighted by Gasteiger charge is 2.35. The van der Waals surface area contributed by atoms with E-state index in [1.807, 2.05) is 62.4 Å². The SMILES string of the molecule is CCC(C)Oc1ccc(/C=C2/SC(=O)N(Cc3cccc4ccccc34)C2=O)cc1Cl. The first-order valence-electron chi connectivity index (χ1n) is 10.1. The molecule has 1 heterocycles. The van der Waals surface area contributed by atoms with Crippen molar-refractivity contribution in [2.45, 2.75) is 32.9 Å². The van der Waals surface area contributed by atoms with Crippen LogP contribution in [0.3, 0.4) is 0 Å². The molecule has 0 radical (unpaired) electrons. The van der Waals surface area contributed by atoms with Crippen molar-refractivity contribution in [3.63, 3.8) is 0 Å². The molecule has 4 nitrogen and oxygen atoms in total. The maximum Gasteiger partial charge on any atom is 0.293 e. The molecule has 3 aromatic rings. The molecule has 1 unspecified atom stereocenters. The molecule has 1 saturated heterocycles. The van der Waals surface area contributed by atoms with Crippen LogP contribution < -0.4 is 4.74 Å². The van der Waals surface area contributed by atoms with Gasteiger partial charge in [-0.2, -0.15) is 0 Å². The monoisotopic (exact) mass is 451 g/mol. The molecular formula is C25H22ClNO3S. The Kier molecular flexibility index (Phi) is 6.35. The van der Waals surface area contributed by atoms with Gasteiger partial charge in [0.15, 0.2) is 0 Å². The van der Waals surface area contributed by atoms with Gasteiger partial charge in [-0.05, 0) is 65.2 Å². The highest BCUT2D eigenvalue weighted by atomic mass is 35.5. The van der Waals surface area contributed by atoms with Gasteiger partial charge in [-0.3, -0.25) is 14.5 Å². The minimum absolute atomic E-state index is 0.0638. The van der Waals surface area contributed by atoms with Gasteiger partial charge in [0.05, 0.1) is 22.6 Å². The highest BCUT2D eigenvalue weighted by molar-refractivity contribution is 8.18. The third kappa shape index (κ3) is 4.63. The van der Waals surface area contributed by atoms with Crippen LogP contribution in [-0.2, 0) is 11.3 Å². The molecule has 1 fully saturated rings. The largest absolute Gasteiger partial charge is 0.489 e. The van der Waals surface area contributed by atoms with Gasteiger partial charge in [-0.25, -0.2) is 0 Å². The summed E-state index contributed by atoms with van der Waals surface area (Å²) in [7, 11) is 0. The topological polar surface area (TPSA) is 46.6 Å². The van der Waals surface area contributed by atoms with E-state index in [4.69, 9.17) is 16.3 Å². The van der Waals surface area contributed by atoms with Gasteiger partial charge in [0, 0.05) is 0 Å². The lowest BCUT2D eigenvalue weighted by Gasteiger charge is -2.14. The predicted molar refractivity (Wildman–Crippen MR) is 127 cm³/mol. The molecule has 0 N–H and O–H groups in total. The summed E-state index contributed by atoms with van der Waals surface area (Å²) < 4.78 is 5.79. The van der Waals surface area contributed by atoms with Crippen LogP contribution in [0.15, 0.2) is 65.6 Å². The van der Waals surface area contributed by atoms with Crippen LogP contribution in [0.5, 0.6) is 5.75 Å². The summed E-state index contributed by atoms with van der Waals surface area (Å²) in [5, 5.41) is 2.32. The number of carbonyl (C=O) groups is 2. The number of imide groups is 1. The zero-order valence-corrected chi connectivity index (χ0v) is 18.9. The van der Waals surface area contributed by atoms with Crippen LogP contribution in [0.25, 0.3) is 16.8 Å². The quantitative estimate of drug-likeness (QED) is 0.382. The first-order valence-corrected chi connectivity index (χ1v) is 11.3. The fourth-order valence-electron chi connectivity index (χ4n) is 3.39. The Balaban J connectivity index is 1.55. The van der Waals surface area contributed by atoms with Gasteiger partial charge in [0.2, 0.25) is 0 Å². The van der Waals surface area contributed by atoms with Gasteiger partial charge in [0.1, 0.15) is 5.75 Å². The first-order chi connectivity index (χ1) is 15.0. The van der Waals surface area contributed by atoms with Crippen molar-refractivity contribution in [2.75, 3.05) is 0 Å². The molecule has 158 valence electrons. The average Bonchev–Trinajstić information content (AvgIpc) is 3.03. The van der Waals surface area contributed by atoms with Crippen LogP contribution in [0, 0.1) is 0 Å². The number of amides is 2. The number of benzene rings is 3. The Bertz CT molecular complexity index is 1190. The van der Waals surface area contributed by atoms with Crippen molar-refractivity contribution >= 4 is 51.4 Å². The molecule has 1 aliphatic heterocycles. The van der Waals surface area contributed by atoms with Crippen LogP contribution in [0.2, 0.25) is 5.02 Å². The van der Waals surface area contributed by atoms with Crippen molar-refractivity contribution in [3.8, 4) is 5.75 Å². The molecule has 0 bridgehead atoms. The molecule has 0 spiro atoms. The zero-order valence-electron chi connectivity index (χ0n) is 17.3. The molecule has 31 heavy (non-hydrogen) atoms. The second kappa shape index (κ2) is 9.16. The molecule has 3 aromatic carbocycles. The van der Waals surface area contributed by atoms with Crippen LogP contribution in [0.4, 0.5) is 4.79 Å². The third-order valence-corrected chi connectivity index (χ3v) is 6.44. The number of fused-ring (bicyclic) bond motifs is 1. The molecule has 0 aromatic heterocycles. The lowest BCUT2D eigenvalue weighted by Crippen LogP contribution is -2.27. The zero-order chi connectivity index (χ0) is 22.0. The van der Waals surface area contributed by atoms with Crippen LogP contribution in [-0.4, -0.2) is 22.2 Å². The van der Waals surface area contributed by atoms with Crippen LogP contribution in [0.1, 0.15) is 31.4 Å². The number of hydrogen-bond donors (Lipinski definition) is 0. The smallest absolute Gasteiger partial charge is 0.293 e. The van der Waals surface area contributed by atoms with Crippen molar-refractivity contribution in [2.24, 2.45) is 0 Å². The van der Waals surface area contributed by atoms with Gasteiger partial charge in [0.25, 0.3) is 11.1 Å². The molecule has 0 saturated carbocycles. The van der Waals surface area contributed by atoms with E-state index >= 15 is 0 Å². The van der Waals surface area contributed by atoms with E-state index in [2.05, 4.69) is 0 Å². The van der Waals surface area contributed by atoms with E-state index in [1.54, 1.807) is 18.2 Å². The maximum atomic E-state index is 13.0. The summed E-state index contributed by atoms with van der Waals surface area (Å²) in [6, 6.07) is 19.2. The number of nitrogens with zero attached hydrogens (tertiary/aromatic N) is 1. The second-order valence-corrected chi connectivity index (χ2v) is 8.83. The summed E-state index contributed by atoms with van der Waals surface area (Å²) in [5.41, 5.74) is 1.69. The number of hydrogen-bond acceptors (Lipinski definition) is 4. The number of thioether (sulfide) groups is 1. The minimum atomic E-state index is -0.293. The Morgan fingerprint density at radius 3 is 2.65 bits per heavy atom. The standard InChI is InChI=1S/C25H22ClNO3S/c1-3-16(2)30-22-12-11-17(13-21(22)26)14-23-24(28)27(25(29)31-23)15-19-9-6-8-18-7-4-5-10-20(18)19/h4-14,16H,3,15H2,1-2H3/b23-14+. The lowest BCUT2D eigenvalue weighted by atomic mass is 10.0. The number of halogens is 1. The molecule has 6 heteroatoms. The van der Waals surface area contributed by atoms with Gasteiger partial charge < -0.3 is 4.74 Å². The normalized spacial score (nSPS) is 16.4. The summed E-state index contributed by atoms with van der Waals surface area (Å²) >= 11 is 7.30. The van der Waals surface area contributed by atoms with E-state index < -0.39 is 0 Å². The number of carbonyl (C=O) groups excluding carboxylic acids is 2. The van der Waals surface area contributed by atoms with Gasteiger partial charge in [-0.15, -0.1) is 0 Å². The van der Waals surface area contributed by atoms with E-state index in [1.165, 1.54) is 4.90 Å². The van der Waals surface area contributed by atoms with E-state index in [-0.39, 0.29) is 23.8 Å². The maximum absolute atomic E-state index is 13.0. The average molecular weight is 452 g/mol. The first kappa shape index (κ1) is 21.5. The Labute approximate surface area is 190 Å². The molecule has 1 aliphatic rings. The Morgan fingerprint density at radius 1 is 1.10 bits per heavy atom. The molecule has 2 amide bonds. The molecular weight excluding hydrogens is 430 g/mol. The van der Waals surface area contributed by atoms with Crippen molar-refractivity contribution in [1.82, 2.24) is 4.90 Å². The predicted octanol–water partition coefficient (Wildman–Crippen LogP) is 6.91. The molecule has 0 aliphatic carbocycles. The third-order valence-electron chi connectivity index (χ3n) is 5.24. The fourth-order valence-corrected chi connectivity index (χ4v) is 4.46. The molecule has 4 rings (SSSR count). The van der Waals surface area contributed by atoms with Crippen LogP contribution >= 0.6 is 23.4 Å². The van der Waals surface area contributed by atoms with E-state index in [9.17, 15) is 9.59 Å². The minimum Gasteiger partial charge on any atom is -0.489 e. The summed E-state index contributed by atoms with van der Waals surface area (Å²) in [4.78, 5) is 27.2. The van der Waals surface area contributed by atoms with Crippen molar-refractivity contribution in [3.05, 3.63) is 81.7 Å². The number of ether oxygens (including phenoxy) is 1. The fraction of sp³-hybridized carbons (Fsp3) is 0.200. The van der Waals surface area contributed by atoms with Crippen molar-refractivity contribution < 1.29 is 14.3 Å². The summed E-state index contributed by atoms with van der Waals surface area (Å²) in [6.45, 7) is 4.27. The van der Waals surface area contributed by atoms with Gasteiger partial charge in [-0.1, -0.05) is 67.1 Å². The lowest BCUT2D eigenvalue weighted by molar-refractivity contribution is -0.123. The van der Waals surface area contributed by atoms with Gasteiger partial charge >= 0.3 is 0 Å². The molecule has 1 atom stereocenters. The highest BCUT2D eigenvalue weighted by Crippen LogP contribution is 2.35. The Hall–Kier alpha value is -2.76.